The van der Waals surface area contributed by atoms with Crippen molar-refractivity contribution in [3.05, 3.63) is 23.9 Å². The zero-order valence-corrected chi connectivity index (χ0v) is 14.6. The number of amides is 1. The minimum Gasteiger partial charge on any atom is -0.497 e. The molecule has 3 saturated heterocycles. The van der Waals surface area contributed by atoms with Crippen LogP contribution >= 0.6 is 23.9 Å². The number of benzene rings is 1. The summed E-state index contributed by atoms with van der Waals surface area (Å²) in [6, 6.07) is 5.99. The van der Waals surface area contributed by atoms with Crippen LogP contribution in [0.15, 0.2) is 18.2 Å². The highest BCUT2D eigenvalue weighted by molar-refractivity contribution is 7.13. The number of ether oxygens (including phenoxy) is 1. The SMILES string of the molecule is COc1ccc2c(C(=O)N[C@@H]3CN4CCC3CC4)nsc2c1.Cl. The van der Waals surface area contributed by atoms with E-state index in [4.69, 9.17) is 4.74 Å². The van der Waals surface area contributed by atoms with Gasteiger partial charge in [0.15, 0.2) is 0 Å². The van der Waals surface area contributed by atoms with Gasteiger partial charge in [0, 0.05) is 18.0 Å². The molecule has 23 heavy (non-hydrogen) atoms. The molecule has 5 rings (SSSR count). The molecule has 3 aliphatic heterocycles. The third-order valence-electron chi connectivity index (χ3n) is 4.87. The predicted molar refractivity (Wildman–Crippen MR) is 93.8 cm³/mol. The summed E-state index contributed by atoms with van der Waals surface area (Å²) in [4.78, 5) is 15.0. The van der Waals surface area contributed by atoms with Crippen LogP contribution in [-0.2, 0) is 0 Å². The third kappa shape index (κ3) is 3.03. The van der Waals surface area contributed by atoms with Crippen LogP contribution in [-0.4, -0.2) is 48.0 Å². The Labute approximate surface area is 145 Å². The number of piperidine rings is 3. The average molecular weight is 354 g/mol. The van der Waals surface area contributed by atoms with Gasteiger partial charge < -0.3 is 15.0 Å². The zero-order chi connectivity index (χ0) is 15.1. The van der Waals surface area contributed by atoms with E-state index in [9.17, 15) is 4.79 Å². The molecule has 7 heteroatoms. The van der Waals surface area contributed by atoms with E-state index in [1.807, 2.05) is 18.2 Å². The monoisotopic (exact) mass is 353 g/mol. The number of fused-ring (bicyclic) bond motifs is 4. The van der Waals surface area contributed by atoms with Crippen molar-refractivity contribution in [2.24, 2.45) is 5.92 Å². The van der Waals surface area contributed by atoms with Gasteiger partial charge in [-0.05, 0) is 61.6 Å². The molecule has 1 N–H and O–H groups in total. The molecule has 2 bridgehead atoms. The standard InChI is InChI=1S/C16H19N3O2S.ClH/c1-21-11-2-3-12-14(8-11)22-18-15(12)16(20)17-13-9-19-6-4-10(13)5-7-19;/h2-3,8,10,13H,4-7,9H2,1H3,(H,17,20);1H/t13-;/m1./s1. The number of nitrogens with zero attached hydrogens (tertiary/aromatic N) is 2. The second-order valence-electron chi connectivity index (χ2n) is 6.11. The number of nitrogens with one attached hydrogen (secondary N) is 1. The number of aromatic nitrogens is 1. The molecule has 0 spiro atoms. The Morgan fingerprint density at radius 1 is 1.39 bits per heavy atom. The Morgan fingerprint density at radius 2 is 2.17 bits per heavy atom. The minimum absolute atomic E-state index is 0. The summed E-state index contributed by atoms with van der Waals surface area (Å²) >= 11 is 1.35. The molecular weight excluding hydrogens is 334 g/mol. The van der Waals surface area contributed by atoms with Crippen LogP contribution in [0.5, 0.6) is 5.75 Å². The first-order valence-electron chi connectivity index (χ1n) is 7.71. The summed E-state index contributed by atoms with van der Waals surface area (Å²) in [6.07, 6.45) is 2.39. The minimum atomic E-state index is -0.0461. The van der Waals surface area contributed by atoms with E-state index >= 15 is 0 Å². The van der Waals surface area contributed by atoms with Crippen molar-refractivity contribution in [3.63, 3.8) is 0 Å². The normalized spacial score (nSPS) is 25.9. The topological polar surface area (TPSA) is 54.5 Å². The lowest BCUT2D eigenvalue weighted by atomic mass is 9.84. The van der Waals surface area contributed by atoms with Crippen LogP contribution in [0.25, 0.3) is 10.1 Å². The van der Waals surface area contributed by atoms with Crippen molar-refractivity contribution >= 4 is 39.9 Å². The lowest BCUT2D eigenvalue weighted by molar-refractivity contribution is 0.0619. The molecule has 1 amide bonds. The molecule has 0 unspecified atom stereocenters. The summed E-state index contributed by atoms with van der Waals surface area (Å²) in [5.41, 5.74) is 0.541. The quantitative estimate of drug-likeness (QED) is 0.921. The fourth-order valence-corrected chi connectivity index (χ4v) is 4.38. The molecule has 5 nitrogen and oxygen atoms in total. The van der Waals surface area contributed by atoms with Gasteiger partial charge in [-0.2, -0.15) is 4.37 Å². The first-order valence-corrected chi connectivity index (χ1v) is 8.48. The molecule has 2 aromatic rings. The maximum atomic E-state index is 12.6. The van der Waals surface area contributed by atoms with Gasteiger partial charge in [0.1, 0.15) is 11.4 Å². The van der Waals surface area contributed by atoms with E-state index < -0.39 is 0 Å². The number of methoxy groups -OCH3 is 1. The highest BCUT2D eigenvalue weighted by Crippen LogP contribution is 2.29. The van der Waals surface area contributed by atoms with Crippen molar-refractivity contribution < 1.29 is 9.53 Å². The van der Waals surface area contributed by atoms with E-state index in [0.29, 0.717) is 11.6 Å². The van der Waals surface area contributed by atoms with Gasteiger partial charge in [-0.1, -0.05) is 0 Å². The highest BCUT2D eigenvalue weighted by atomic mass is 35.5. The molecule has 0 aliphatic carbocycles. The maximum absolute atomic E-state index is 12.6. The van der Waals surface area contributed by atoms with Crippen LogP contribution in [0.1, 0.15) is 23.3 Å². The zero-order valence-electron chi connectivity index (χ0n) is 12.9. The van der Waals surface area contributed by atoms with E-state index in [1.165, 1.54) is 37.5 Å². The summed E-state index contributed by atoms with van der Waals surface area (Å²) < 4.78 is 10.6. The first-order chi connectivity index (χ1) is 10.7. The van der Waals surface area contributed by atoms with Crippen molar-refractivity contribution in [2.75, 3.05) is 26.7 Å². The van der Waals surface area contributed by atoms with Gasteiger partial charge in [0.05, 0.1) is 11.8 Å². The maximum Gasteiger partial charge on any atom is 0.271 e. The Morgan fingerprint density at radius 3 is 2.83 bits per heavy atom. The Kier molecular flexibility index (Phi) is 4.75. The fraction of sp³-hybridized carbons (Fsp3) is 0.500. The summed E-state index contributed by atoms with van der Waals surface area (Å²) in [5.74, 6) is 1.37. The molecule has 1 aromatic heterocycles. The number of hydrogen-bond acceptors (Lipinski definition) is 5. The molecule has 4 heterocycles. The molecule has 3 aliphatic rings. The molecular formula is C16H20ClN3O2S. The van der Waals surface area contributed by atoms with Crippen molar-refractivity contribution in [2.45, 2.75) is 18.9 Å². The third-order valence-corrected chi connectivity index (χ3v) is 5.68. The Bertz CT molecular complexity index is 712. The van der Waals surface area contributed by atoms with Crippen LogP contribution in [0.4, 0.5) is 0 Å². The van der Waals surface area contributed by atoms with Gasteiger partial charge in [-0.3, -0.25) is 4.79 Å². The van der Waals surface area contributed by atoms with Gasteiger partial charge in [0.2, 0.25) is 0 Å². The first kappa shape index (κ1) is 16.5. The molecule has 1 aromatic carbocycles. The van der Waals surface area contributed by atoms with E-state index in [0.717, 1.165) is 22.4 Å². The van der Waals surface area contributed by atoms with Crippen LogP contribution in [0, 0.1) is 5.92 Å². The lowest BCUT2D eigenvalue weighted by Crippen LogP contribution is -2.57. The number of rotatable bonds is 3. The van der Waals surface area contributed by atoms with Crippen LogP contribution in [0.2, 0.25) is 0 Å². The number of carbonyl (C=O) groups is 1. The van der Waals surface area contributed by atoms with E-state index in [1.54, 1.807) is 7.11 Å². The summed E-state index contributed by atoms with van der Waals surface area (Å²) in [5, 5.41) is 4.11. The number of carbonyl (C=O) groups excluding carboxylic acids is 1. The van der Waals surface area contributed by atoms with Gasteiger partial charge >= 0.3 is 0 Å². The van der Waals surface area contributed by atoms with E-state index in [2.05, 4.69) is 14.6 Å². The summed E-state index contributed by atoms with van der Waals surface area (Å²) in [7, 11) is 1.64. The average Bonchev–Trinajstić information content (AvgIpc) is 2.99. The van der Waals surface area contributed by atoms with E-state index in [-0.39, 0.29) is 24.4 Å². The van der Waals surface area contributed by atoms with Gasteiger partial charge in [-0.25, -0.2) is 0 Å². The molecule has 1 atom stereocenters. The Hall–Kier alpha value is -1.37. The smallest absolute Gasteiger partial charge is 0.271 e. The van der Waals surface area contributed by atoms with Gasteiger partial charge in [-0.15, -0.1) is 12.4 Å². The number of hydrogen-bond donors (Lipinski definition) is 1. The largest absolute Gasteiger partial charge is 0.497 e. The second kappa shape index (κ2) is 6.63. The van der Waals surface area contributed by atoms with Crippen LogP contribution in [0.3, 0.4) is 0 Å². The number of halogens is 1. The van der Waals surface area contributed by atoms with Crippen molar-refractivity contribution in [1.82, 2.24) is 14.6 Å². The predicted octanol–water partition coefficient (Wildman–Crippen LogP) is 2.55. The second-order valence-corrected chi connectivity index (χ2v) is 6.92. The van der Waals surface area contributed by atoms with Crippen molar-refractivity contribution in [1.29, 1.82) is 0 Å². The fourth-order valence-electron chi connectivity index (χ4n) is 3.57. The molecule has 0 saturated carbocycles. The lowest BCUT2D eigenvalue weighted by Gasteiger charge is -2.44. The van der Waals surface area contributed by atoms with Gasteiger partial charge in [0.25, 0.3) is 5.91 Å². The van der Waals surface area contributed by atoms with Crippen molar-refractivity contribution in [3.8, 4) is 5.75 Å². The Balaban J connectivity index is 0.00000156. The highest BCUT2D eigenvalue weighted by Gasteiger charge is 2.35. The molecule has 3 fully saturated rings. The molecule has 0 radical (unpaired) electrons. The van der Waals surface area contributed by atoms with Crippen LogP contribution < -0.4 is 10.1 Å². The summed E-state index contributed by atoms with van der Waals surface area (Å²) in [6.45, 7) is 3.33. The molecule has 124 valence electrons.